The van der Waals surface area contributed by atoms with Crippen LogP contribution in [0.1, 0.15) is 5.56 Å². The highest BCUT2D eigenvalue weighted by atomic mass is 32.1. The van der Waals surface area contributed by atoms with E-state index in [9.17, 15) is 0 Å². The van der Waals surface area contributed by atoms with Gasteiger partial charge in [0.1, 0.15) is 0 Å². The summed E-state index contributed by atoms with van der Waals surface area (Å²) in [6.45, 7) is 2.06. The largest absolute Gasteiger partial charge is 0.264 e. The fraction of sp³-hybridized carbons (Fsp3) is 0.0833. The molecule has 0 aliphatic rings. The molecule has 14 heavy (non-hydrogen) atoms. The molecule has 0 fully saturated rings. The Bertz CT molecular complexity index is 408. The van der Waals surface area contributed by atoms with Crippen LogP contribution in [0.25, 0.3) is 11.1 Å². The van der Waals surface area contributed by atoms with Crippen LogP contribution in [0.2, 0.25) is 0 Å². The van der Waals surface area contributed by atoms with Crippen LogP contribution < -0.4 is 0 Å². The molecular formula is C12H11NS. The lowest BCUT2D eigenvalue weighted by Crippen LogP contribution is -1.85. The molecule has 1 nitrogen and oxygen atoms in total. The molecule has 2 aromatic rings. The van der Waals surface area contributed by atoms with Crippen LogP contribution in [-0.4, -0.2) is 4.98 Å². The van der Waals surface area contributed by atoms with Crippen molar-refractivity contribution in [1.29, 1.82) is 0 Å². The number of nitrogens with zero attached hydrogens (tertiary/aromatic N) is 1. The molecule has 70 valence electrons. The van der Waals surface area contributed by atoms with Crippen LogP contribution in [0, 0.1) is 6.92 Å². The molecule has 0 saturated carbocycles. The first-order valence-corrected chi connectivity index (χ1v) is 4.93. The Morgan fingerprint density at radius 2 is 1.86 bits per heavy atom. The van der Waals surface area contributed by atoms with E-state index < -0.39 is 0 Å². The zero-order chi connectivity index (χ0) is 9.97. The topological polar surface area (TPSA) is 12.9 Å². The Morgan fingerprint density at radius 1 is 1.07 bits per heavy atom. The van der Waals surface area contributed by atoms with Crippen LogP contribution in [0.15, 0.2) is 47.6 Å². The van der Waals surface area contributed by atoms with Gasteiger partial charge in [0.05, 0.1) is 0 Å². The molecule has 2 heteroatoms. The first kappa shape index (κ1) is 9.28. The van der Waals surface area contributed by atoms with Crippen molar-refractivity contribution in [3.8, 4) is 11.1 Å². The first-order chi connectivity index (χ1) is 6.79. The number of aromatic nitrogens is 1. The Labute approximate surface area is 89.2 Å². The number of aryl methyl sites for hydroxylation is 1. The van der Waals surface area contributed by atoms with Crippen molar-refractivity contribution in [2.45, 2.75) is 11.8 Å². The maximum absolute atomic E-state index is 4.44. The maximum atomic E-state index is 4.44. The van der Waals surface area contributed by atoms with Crippen molar-refractivity contribution in [1.82, 2.24) is 4.98 Å². The summed E-state index contributed by atoms with van der Waals surface area (Å²) in [5.74, 6) is 0. The molecule has 1 aromatic carbocycles. The lowest BCUT2D eigenvalue weighted by molar-refractivity contribution is 1.26. The van der Waals surface area contributed by atoms with Gasteiger partial charge in [-0.05, 0) is 35.7 Å². The van der Waals surface area contributed by atoms with E-state index in [0.29, 0.717) is 0 Å². The van der Waals surface area contributed by atoms with Gasteiger partial charge >= 0.3 is 0 Å². The summed E-state index contributed by atoms with van der Waals surface area (Å²) in [6, 6.07) is 10.1. The molecule has 0 bridgehead atoms. The second-order valence-corrected chi connectivity index (χ2v) is 3.69. The van der Waals surface area contributed by atoms with Crippen molar-refractivity contribution >= 4 is 12.6 Å². The van der Waals surface area contributed by atoms with E-state index in [2.05, 4.69) is 30.6 Å². The maximum Gasteiger partial charge on any atom is 0.0303 e. The summed E-state index contributed by atoms with van der Waals surface area (Å²) >= 11 is 4.44. The molecule has 0 saturated heterocycles. The van der Waals surface area contributed by atoms with Gasteiger partial charge in [-0.2, -0.15) is 0 Å². The van der Waals surface area contributed by atoms with E-state index in [-0.39, 0.29) is 0 Å². The van der Waals surface area contributed by atoms with Crippen LogP contribution in [-0.2, 0) is 0 Å². The molecule has 0 aliphatic heterocycles. The fourth-order valence-electron chi connectivity index (χ4n) is 1.48. The molecule has 0 amide bonds. The summed E-state index contributed by atoms with van der Waals surface area (Å²) in [5, 5.41) is 0. The van der Waals surface area contributed by atoms with Gasteiger partial charge in [-0.15, -0.1) is 12.6 Å². The van der Waals surface area contributed by atoms with E-state index in [1.54, 1.807) is 0 Å². The van der Waals surface area contributed by atoms with Gasteiger partial charge in [0.2, 0.25) is 0 Å². The van der Waals surface area contributed by atoms with Crippen molar-refractivity contribution in [3.63, 3.8) is 0 Å². The van der Waals surface area contributed by atoms with E-state index in [1.807, 2.05) is 36.7 Å². The summed E-state index contributed by atoms with van der Waals surface area (Å²) in [5.41, 5.74) is 3.54. The van der Waals surface area contributed by atoms with Gasteiger partial charge in [0.25, 0.3) is 0 Å². The molecular weight excluding hydrogens is 190 g/mol. The van der Waals surface area contributed by atoms with Crippen molar-refractivity contribution in [3.05, 3.63) is 48.3 Å². The average molecular weight is 201 g/mol. The second kappa shape index (κ2) is 3.84. The SMILES string of the molecule is Cc1cnccc1-c1ccccc1S. The normalized spacial score (nSPS) is 10.1. The number of pyridine rings is 1. The number of benzene rings is 1. The molecule has 0 N–H and O–H groups in total. The predicted molar refractivity (Wildman–Crippen MR) is 61.7 cm³/mol. The Kier molecular flexibility index (Phi) is 2.55. The van der Waals surface area contributed by atoms with Crippen molar-refractivity contribution in [2.24, 2.45) is 0 Å². The first-order valence-electron chi connectivity index (χ1n) is 4.48. The minimum absolute atomic E-state index is 1.00. The van der Waals surface area contributed by atoms with Gasteiger partial charge in [-0.25, -0.2) is 0 Å². The molecule has 0 unspecified atom stereocenters. The van der Waals surface area contributed by atoms with Crippen molar-refractivity contribution in [2.75, 3.05) is 0 Å². The third kappa shape index (κ3) is 1.66. The molecule has 0 spiro atoms. The fourth-order valence-corrected chi connectivity index (χ4v) is 1.76. The summed E-state index contributed by atoms with van der Waals surface area (Å²) in [4.78, 5) is 5.08. The highest BCUT2D eigenvalue weighted by Gasteiger charge is 2.03. The molecule has 1 heterocycles. The van der Waals surface area contributed by atoms with Gasteiger partial charge < -0.3 is 0 Å². The van der Waals surface area contributed by atoms with Crippen LogP contribution in [0.4, 0.5) is 0 Å². The zero-order valence-electron chi connectivity index (χ0n) is 7.94. The van der Waals surface area contributed by atoms with Crippen LogP contribution >= 0.6 is 12.6 Å². The number of hydrogen-bond acceptors (Lipinski definition) is 2. The Hall–Kier alpha value is -1.28. The third-order valence-corrected chi connectivity index (χ3v) is 2.60. The smallest absolute Gasteiger partial charge is 0.0303 e. The highest BCUT2D eigenvalue weighted by molar-refractivity contribution is 7.80. The number of rotatable bonds is 1. The predicted octanol–water partition coefficient (Wildman–Crippen LogP) is 3.35. The van der Waals surface area contributed by atoms with E-state index in [4.69, 9.17) is 0 Å². The van der Waals surface area contributed by atoms with Crippen LogP contribution in [0.5, 0.6) is 0 Å². The minimum atomic E-state index is 1.00. The summed E-state index contributed by atoms with van der Waals surface area (Å²) in [6.07, 6.45) is 3.68. The Morgan fingerprint density at radius 3 is 2.57 bits per heavy atom. The number of thiol groups is 1. The second-order valence-electron chi connectivity index (χ2n) is 3.21. The average Bonchev–Trinajstić information content (AvgIpc) is 2.20. The van der Waals surface area contributed by atoms with Gasteiger partial charge in [-0.3, -0.25) is 4.98 Å². The lowest BCUT2D eigenvalue weighted by atomic mass is 10.0. The Balaban J connectivity index is 2.61. The van der Waals surface area contributed by atoms with E-state index in [0.717, 1.165) is 10.5 Å². The van der Waals surface area contributed by atoms with Crippen molar-refractivity contribution < 1.29 is 0 Å². The highest BCUT2D eigenvalue weighted by Crippen LogP contribution is 2.27. The minimum Gasteiger partial charge on any atom is -0.264 e. The lowest BCUT2D eigenvalue weighted by Gasteiger charge is -2.07. The summed E-state index contributed by atoms with van der Waals surface area (Å²) < 4.78 is 0. The third-order valence-electron chi connectivity index (χ3n) is 2.21. The molecule has 1 aromatic heterocycles. The molecule has 2 rings (SSSR count). The number of hydrogen-bond donors (Lipinski definition) is 1. The van der Waals surface area contributed by atoms with E-state index >= 15 is 0 Å². The van der Waals surface area contributed by atoms with Gasteiger partial charge in [0.15, 0.2) is 0 Å². The van der Waals surface area contributed by atoms with Gasteiger partial charge in [-0.1, -0.05) is 18.2 Å². The standard InChI is InChI=1S/C12H11NS/c1-9-8-13-7-6-10(9)11-4-2-3-5-12(11)14/h2-8,14H,1H3. The van der Waals surface area contributed by atoms with Crippen LogP contribution in [0.3, 0.4) is 0 Å². The quantitative estimate of drug-likeness (QED) is 0.698. The molecule has 0 aliphatic carbocycles. The zero-order valence-corrected chi connectivity index (χ0v) is 8.83. The van der Waals surface area contributed by atoms with E-state index in [1.165, 1.54) is 11.1 Å². The molecule has 0 radical (unpaired) electrons. The molecule has 0 atom stereocenters. The monoisotopic (exact) mass is 201 g/mol. The summed E-state index contributed by atoms with van der Waals surface area (Å²) in [7, 11) is 0. The van der Waals surface area contributed by atoms with Gasteiger partial charge in [0, 0.05) is 17.3 Å².